The lowest BCUT2D eigenvalue weighted by molar-refractivity contribution is 0.0770. The molecule has 2 rings (SSSR count). The molecule has 1 amide bonds. The molecule has 0 unspecified atom stereocenters. The average molecular weight is 263 g/mol. The largest absolute Gasteiger partial charge is 0.331 e. The predicted molar refractivity (Wildman–Crippen MR) is 67.3 cm³/mol. The van der Waals surface area contributed by atoms with Crippen molar-refractivity contribution in [3.63, 3.8) is 0 Å². The van der Waals surface area contributed by atoms with Gasteiger partial charge in [-0.2, -0.15) is 5.10 Å². The van der Waals surface area contributed by atoms with Gasteiger partial charge in [0.1, 0.15) is 11.6 Å². The highest BCUT2D eigenvalue weighted by atomic mass is 16.2. The molecule has 2 N–H and O–H groups in total. The fourth-order valence-corrected chi connectivity index (χ4v) is 1.65. The summed E-state index contributed by atoms with van der Waals surface area (Å²) in [6.07, 6.45) is 1.74. The summed E-state index contributed by atoms with van der Waals surface area (Å²) in [4.78, 5) is 21.9. The molecule has 2 aromatic heterocycles. The van der Waals surface area contributed by atoms with Gasteiger partial charge in [0.25, 0.3) is 5.91 Å². The van der Waals surface area contributed by atoms with E-state index >= 15 is 0 Å². The smallest absolute Gasteiger partial charge is 0.293 e. The zero-order valence-corrected chi connectivity index (χ0v) is 11.3. The van der Waals surface area contributed by atoms with Gasteiger partial charge in [-0.1, -0.05) is 6.92 Å². The Labute approximate surface area is 110 Å². The zero-order chi connectivity index (χ0) is 13.8. The molecule has 0 spiro atoms. The molecule has 19 heavy (non-hydrogen) atoms. The average Bonchev–Trinajstić information content (AvgIpc) is 2.98. The topological polar surface area (TPSA) is 103 Å². The second-order valence-electron chi connectivity index (χ2n) is 4.35. The fourth-order valence-electron chi connectivity index (χ4n) is 1.65. The summed E-state index contributed by atoms with van der Waals surface area (Å²) in [6, 6.07) is 0. The number of carbonyl (C=O) groups is 1. The van der Waals surface area contributed by atoms with Crippen LogP contribution in [0.4, 0.5) is 0 Å². The van der Waals surface area contributed by atoms with Crippen molar-refractivity contribution in [2.75, 3.05) is 7.05 Å². The molecule has 0 saturated heterocycles. The summed E-state index contributed by atoms with van der Waals surface area (Å²) in [6.45, 7) is 4.17. The molecule has 0 aliphatic rings. The van der Waals surface area contributed by atoms with Gasteiger partial charge in [-0.3, -0.25) is 15.0 Å². The first-order valence-electron chi connectivity index (χ1n) is 6.14. The first-order chi connectivity index (χ1) is 9.10. The number of nitrogens with zero attached hydrogens (tertiary/aromatic N) is 5. The standard InChI is InChI=1S/C11H17N7O/c1-4-5-8-13-10(17-15-8)11(19)18(3)6-9-12-7(2)14-16-9/h4-6H2,1-3H3,(H,12,14,16)(H,13,15,17). The number of carbonyl (C=O) groups excluding carboxylic acids is 1. The normalized spacial score (nSPS) is 10.7. The molecule has 0 atom stereocenters. The highest BCUT2D eigenvalue weighted by Gasteiger charge is 2.18. The molecule has 0 aliphatic heterocycles. The van der Waals surface area contributed by atoms with Crippen LogP contribution in [0.1, 0.15) is 41.4 Å². The number of H-pyrrole nitrogens is 2. The van der Waals surface area contributed by atoms with Crippen molar-refractivity contribution in [3.05, 3.63) is 23.3 Å². The van der Waals surface area contributed by atoms with E-state index in [1.165, 1.54) is 4.90 Å². The maximum atomic E-state index is 12.1. The molecule has 0 aliphatic carbocycles. The molecule has 0 fully saturated rings. The van der Waals surface area contributed by atoms with Gasteiger partial charge >= 0.3 is 0 Å². The predicted octanol–water partition coefficient (Wildman–Crippen LogP) is 0.456. The van der Waals surface area contributed by atoms with Crippen molar-refractivity contribution in [1.82, 2.24) is 35.3 Å². The van der Waals surface area contributed by atoms with Crippen molar-refractivity contribution in [1.29, 1.82) is 0 Å². The number of aryl methyl sites for hydroxylation is 2. The Morgan fingerprint density at radius 1 is 1.26 bits per heavy atom. The summed E-state index contributed by atoms with van der Waals surface area (Å²) >= 11 is 0. The van der Waals surface area contributed by atoms with Crippen LogP contribution in [0.2, 0.25) is 0 Å². The molecule has 0 bridgehead atoms. The summed E-state index contributed by atoms with van der Waals surface area (Å²) in [7, 11) is 1.67. The second-order valence-corrected chi connectivity index (χ2v) is 4.35. The maximum Gasteiger partial charge on any atom is 0.293 e. The van der Waals surface area contributed by atoms with E-state index in [2.05, 4.69) is 30.4 Å². The molecule has 8 heteroatoms. The van der Waals surface area contributed by atoms with Gasteiger partial charge in [-0.15, -0.1) is 5.10 Å². The van der Waals surface area contributed by atoms with Crippen LogP contribution < -0.4 is 0 Å². The van der Waals surface area contributed by atoms with E-state index in [4.69, 9.17) is 0 Å². The molecule has 2 heterocycles. The quantitative estimate of drug-likeness (QED) is 0.815. The summed E-state index contributed by atoms with van der Waals surface area (Å²) in [5.74, 6) is 1.95. The number of hydrogen-bond acceptors (Lipinski definition) is 5. The van der Waals surface area contributed by atoms with Crippen LogP contribution in [0.15, 0.2) is 0 Å². The van der Waals surface area contributed by atoms with Crippen molar-refractivity contribution in [2.24, 2.45) is 0 Å². The molecule has 0 aromatic carbocycles. The summed E-state index contributed by atoms with van der Waals surface area (Å²) < 4.78 is 0. The second kappa shape index (κ2) is 5.59. The Morgan fingerprint density at radius 3 is 2.68 bits per heavy atom. The third-order valence-electron chi connectivity index (χ3n) is 2.58. The molecular formula is C11H17N7O. The maximum absolute atomic E-state index is 12.1. The van der Waals surface area contributed by atoms with Crippen LogP contribution in [0, 0.1) is 6.92 Å². The molecule has 8 nitrogen and oxygen atoms in total. The number of rotatable bonds is 5. The Balaban J connectivity index is 2.01. The van der Waals surface area contributed by atoms with Crippen LogP contribution >= 0.6 is 0 Å². The van der Waals surface area contributed by atoms with Gasteiger partial charge in [0.2, 0.25) is 5.82 Å². The van der Waals surface area contributed by atoms with E-state index in [0.717, 1.165) is 24.5 Å². The van der Waals surface area contributed by atoms with Crippen molar-refractivity contribution in [2.45, 2.75) is 33.2 Å². The summed E-state index contributed by atoms with van der Waals surface area (Å²) in [5.41, 5.74) is 0. The van der Waals surface area contributed by atoms with Gasteiger partial charge < -0.3 is 4.90 Å². The van der Waals surface area contributed by atoms with E-state index < -0.39 is 0 Å². The third kappa shape index (κ3) is 3.15. The summed E-state index contributed by atoms with van der Waals surface area (Å²) in [5, 5.41) is 13.4. The third-order valence-corrected chi connectivity index (χ3v) is 2.58. The minimum atomic E-state index is -0.249. The zero-order valence-electron chi connectivity index (χ0n) is 11.3. The Kier molecular flexibility index (Phi) is 3.88. The lowest BCUT2D eigenvalue weighted by atomic mass is 10.3. The van der Waals surface area contributed by atoms with Crippen molar-refractivity contribution >= 4 is 5.91 Å². The van der Waals surface area contributed by atoms with E-state index in [1.807, 2.05) is 13.8 Å². The SMILES string of the molecule is CCCc1nc(C(=O)N(C)Cc2n[nH]c(C)n2)n[nH]1. The lowest BCUT2D eigenvalue weighted by Gasteiger charge is -2.12. The van der Waals surface area contributed by atoms with E-state index in [9.17, 15) is 4.79 Å². The van der Waals surface area contributed by atoms with Gasteiger partial charge in [0, 0.05) is 13.5 Å². The van der Waals surface area contributed by atoms with Crippen LogP contribution in [0.25, 0.3) is 0 Å². The lowest BCUT2D eigenvalue weighted by Crippen LogP contribution is -2.27. The monoisotopic (exact) mass is 263 g/mol. The van der Waals surface area contributed by atoms with Crippen molar-refractivity contribution in [3.8, 4) is 0 Å². The Morgan fingerprint density at radius 2 is 2.05 bits per heavy atom. The minimum Gasteiger partial charge on any atom is -0.331 e. The molecule has 2 aromatic rings. The molecule has 102 valence electrons. The van der Waals surface area contributed by atoms with Gasteiger partial charge in [0.05, 0.1) is 6.54 Å². The van der Waals surface area contributed by atoms with Crippen LogP contribution in [-0.4, -0.2) is 48.2 Å². The Bertz CT molecular complexity index is 559. The van der Waals surface area contributed by atoms with Gasteiger partial charge in [0.15, 0.2) is 5.82 Å². The van der Waals surface area contributed by atoms with Crippen LogP contribution in [0.5, 0.6) is 0 Å². The van der Waals surface area contributed by atoms with Crippen LogP contribution in [-0.2, 0) is 13.0 Å². The highest BCUT2D eigenvalue weighted by Crippen LogP contribution is 2.03. The first kappa shape index (κ1) is 13.2. The fraction of sp³-hybridized carbons (Fsp3) is 0.545. The number of hydrogen-bond donors (Lipinski definition) is 2. The highest BCUT2D eigenvalue weighted by molar-refractivity contribution is 5.90. The van der Waals surface area contributed by atoms with Gasteiger partial charge in [-0.25, -0.2) is 9.97 Å². The number of aromatic nitrogens is 6. The Hall–Kier alpha value is -2.25. The first-order valence-corrected chi connectivity index (χ1v) is 6.14. The van der Waals surface area contributed by atoms with Gasteiger partial charge in [-0.05, 0) is 13.3 Å². The van der Waals surface area contributed by atoms with E-state index in [1.54, 1.807) is 7.05 Å². The van der Waals surface area contributed by atoms with Crippen molar-refractivity contribution < 1.29 is 4.79 Å². The number of aromatic amines is 2. The van der Waals surface area contributed by atoms with E-state index in [0.29, 0.717) is 12.4 Å². The number of amides is 1. The van der Waals surface area contributed by atoms with E-state index in [-0.39, 0.29) is 11.7 Å². The number of nitrogens with one attached hydrogen (secondary N) is 2. The van der Waals surface area contributed by atoms with Crippen LogP contribution in [0.3, 0.4) is 0 Å². The molecule has 0 saturated carbocycles. The minimum absolute atomic E-state index is 0.179. The molecule has 0 radical (unpaired) electrons. The molecular weight excluding hydrogens is 246 g/mol.